The Morgan fingerprint density at radius 2 is 0.942 bits per heavy atom. The summed E-state index contributed by atoms with van der Waals surface area (Å²) < 4.78 is 4.96. The van der Waals surface area contributed by atoms with E-state index in [4.69, 9.17) is 9.97 Å². The van der Waals surface area contributed by atoms with Crippen molar-refractivity contribution >= 4 is 74.9 Å². The fourth-order valence-electron chi connectivity index (χ4n) is 7.95. The molecule has 0 N–H and O–H groups in total. The molecule has 0 saturated heterocycles. The van der Waals surface area contributed by atoms with Gasteiger partial charge in [-0.25, -0.2) is 9.97 Å². The van der Waals surface area contributed by atoms with E-state index in [9.17, 15) is 0 Å². The summed E-state index contributed by atoms with van der Waals surface area (Å²) in [5, 5.41) is 10.2. The maximum Gasteiger partial charge on any atom is 0.160 e. The summed E-state index contributed by atoms with van der Waals surface area (Å²) in [4.78, 5) is 10.3. The van der Waals surface area contributed by atoms with Crippen molar-refractivity contribution in [1.29, 1.82) is 0 Å². The second-order valence-corrected chi connectivity index (χ2v) is 14.5. The number of hydrogen-bond acceptors (Lipinski definition) is 3. The van der Waals surface area contributed by atoms with Gasteiger partial charge in [0.15, 0.2) is 5.82 Å². The summed E-state index contributed by atoms with van der Waals surface area (Å²) in [6.07, 6.45) is 0. The molecule has 52 heavy (non-hydrogen) atoms. The van der Waals surface area contributed by atoms with Crippen LogP contribution in [0.1, 0.15) is 0 Å². The third kappa shape index (κ3) is 4.51. The molecule has 3 aromatic heterocycles. The lowest BCUT2D eigenvalue weighted by Crippen LogP contribution is -1.97. The SMILES string of the molecule is c1ccc(-c2cc(-c3ccc4c(c3)sc3ccccc34)nc(-c3ccc(-n4c5ccc6ccccc6c5c5c6ccccc6ccc54)cc3)n2)cc1. The minimum Gasteiger partial charge on any atom is -0.309 e. The van der Waals surface area contributed by atoms with Crippen molar-refractivity contribution in [3.8, 4) is 39.6 Å². The van der Waals surface area contributed by atoms with Crippen molar-refractivity contribution in [3.05, 3.63) is 176 Å². The maximum atomic E-state index is 5.21. The fourth-order valence-corrected chi connectivity index (χ4v) is 9.10. The summed E-state index contributed by atoms with van der Waals surface area (Å²) >= 11 is 1.83. The van der Waals surface area contributed by atoms with E-state index in [0.717, 1.165) is 33.8 Å². The van der Waals surface area contributed by atoms with Crippen LogP contribution in [0, 0.1) is 0 Å². The molecule has 8 aromatic carbocycles. The molecule has 4 heteroatoms. The van der Waals surface area contributed by atoms with Crippen LogP contribution in [0.15, 0.2) is 176 Å². The van der Waals surface area contributed by atoms with Gasteiger partial charge in [0, 0.05) is 53.3 Å². The molecule has 3 nitrogen and oxygen atoms in total. The molecule has 0 bridgehead atoms. The van der Waals surface area contributed by atoms with Crippen LogP contribution in [-0.2, 0) is 0 Å². The Hall–Kier alpha value is -6.62. The average molecular weight is 680 g/mol. The monoisotopic (exact) mass is 679 g/mol. The third-order valence-corrected chi connectivity index (χ3v) is 11.5. The molecule has 0 atom stereocenters. The number of rotatable bonds is 4. The van der Waals surface area contributed by atoms with Gasteiger partial charge in [-0.15, -0.1) is 11.3 Å². The smallest absolute Gasteiger partial charge is 0.160 e. The van der Waals surface area contributed by atoms with Crippen molar-refractivity contribution in [2.24, 2.45) is 0 Å². The lowest BCUT2D eigenvalue weighted by atomic mass is 10.00. The Morgan fingerprint density at radius 3 is 1.63 bits per heavy atom. The van der Waals surface area contributed by atoms with Crippen LogP contribution in [0.5, 0.6) is 0 Å². The number of hydrogen-bond donors (Lipinski definition) is 0. The molecule has 0 unspecified atom stereocenters. The lowest BCUT2D eigenvalue weighted by molar-refractivity contribution is 1.16. The minimum absolute atomic E-state index is 0.707. The first-order chi connectivity index (χ1) is 25.8. The van der Waals surface area contributed by atoms with Crippen molar-refractivity contribution in [3.63, 3.8) is 0 Å². The van der Waals surface area contributed by atoms with Gasteiger partial charge in [-0.3, -0.25) is 0 Å². The predicted octanol–water partition coefficient (Wildman–Crippen LogP) is 13.2. The van der Waals surface area contributed by atoms with Crippen LogP contribution in [-0.4, -0.2) is 14.5 Å². The van der Waals surface area contributed by atoms with E-state index in [1.54, 1.807) is 0 Å². The van der Waals surface area contributed by atoms with Gasteiger partial charge >= 0.3 is 0 Å². The molecule has 0 spiro atoms. The van der Waals surface area contributed by atoms with Crippen LogP contribution in [0.25, 0.3) is 103 Å². The van der Waals surface area contributed by atoms with E-state index in [1.807, 2.05) is 17.4 Å². The predicted molar refractivity (Wildman–Crippen MR) is 221 cm³/mol. The Kier molecular flexibility index (Phi) is 6.42. The number of fused-ring (bicyclic) bond motifs is 10. The first kappa shape index (κ1) is 29.1. The summed E-state index contributed by atoms with van der Waals surface area (Å²) in [6, 6.07) is 63.0. The first-order valence-corrected chi connectivity index (χ1v) is 18.4. The standard InChI is InChI=1S/C48H29N3S/c1-2-12-32(13-3-1)40-29-41(34-20-25-39-38-16-8-9-17-44(38)52-45(39)28-34)50-48(49-40)33-18-23-35(24-19-33)51-42-26-21-30-10-4-6-14-36(30)46(42)47-37-15-7-5-11-31(37)22-27-43(47)51/h1-29H. The normalized spacial score (nSPS) is 11.8. The second-order valence-electron chi connectivity index (χ2n) is 13.4. The van der Waals surface area contributed by atoms with E-state index in [0.29, 0.717) is 5.82 Å². The lowest BCUT2D eigenvalue weighted by Gasteiger charge is -2.12. The molecule has 3 heterocycles. The molecule has 0 radical (unpaired) electrons. The summed E-state index contributed by atoms with van der Waals surface area (Å²) in [7, 11) is 0. The Balaban J connectivity index is 1.08. The van der Waals surface area contributed by atoms with Crippen LogP contribution in [0.3, 0.4) is 0 Å². The van der Waals surface area contributed by atoms with E-state index >= 15 is 0 Å². The highest BCUT2D eigenvalue weighted by Crippen LogP contribution is 2.41. The van der Waals surface area contributed by atoms with Gasteiger partial charge in [-0.1, -0.05) is 121 Å². The van der Waals surface area contributed by atoms with Crippen molar-refractivity contribution in [2.45, 2.75) is 0 Å². The summed E-state index contributed by atoms with van der Waals surface area (Å²) in [5.74, 6) is 0.707. The van der Waals surface area contributed by atoms with Gasteiger partial charge in [-0.2, -0.15) is 0 Å². The largest absolute Gasteiger partial charge is 0.309 e. The van der Waals surface area contributed by atoms with Crippen molar-refractivity contribution < 1.29 is 0 Å². The molecule has 11 rings (SSSR count). The zero-order valence-electron chi connectivity index (χ0n) is 28.0. The first-order valence-electron chi connectivity index (χ1n) is 17.6. The summed E-state index contributed by atoms with van der Waals surface area (Å²) in [6.45, 7) is 0. The fraction of sp³-hybridized carbons (Fsp3) is 0. The van der Waals surface area contributed by atoms with Crippen LogP contribution < -0.4 is 0 Å². The number of aromatic nitrogens is 3. The molecule has 0 fully saturated rings. The quantitative estimate of drug-likeness (QED) is 0.185. The number of benzene rings is 8. The zero-order valence-corrected chi connectivity index (χ0v) is 28.8. The molecule has 11 aromatic rings. The minimum atomic E-state index is 0.707. The van der Waals surface area contributed by atoms with Gasteiger partial charge in [0.25, 0.3) is 0 Å². The Morgan fingerprint density at radius 1 is 0.385 bits per heavy atom. The Labute approximate surface area is 303 Å². The number of nitrogens with zero attached hydrogens (tertiary/aromatic N) is 3. The van der Waals surface area contributed by atoms with Crippen LogP contribution in [0.4, 0.5) is 0 Å². The molecular formula is C48H29N3S. The molecule has 0 aliphatic carbocycles. The second kappa shape index (κ2) is 11.5. The van der Waals surface area contributed by atoms with Crippen molar-refractivity contribution in [1.82, 2.24) is 14.5 Å². The molecule has 0 saturated carbocycles. The Bertz CT molecular complexity index is 3080. The zero-order chi connectivity index (χ0) is 34.2. The van der Waals surface area contributed by atoms with Crippen LogP contribution >= 0.6 is 11.3 Å². The topological polar surface area (TPSA) is 30.7 Å². The highest BCUT2D eigenvalue weighted by Gasteiger charge is 2.18. The third-order valence-electron chi connectivity index (χ3n) is 10.4. The highest BCUT2D eigenvalue weighted by atomic mass is 32.1. The van der Waals surface area contributed by atoms with E-state index in [1.165, 1.54) is 63.5 Å². The van der Waals surface area contributed by atoms with Crippen LogP contribution in [0.2, 0.25) is 0 Å². The van der Waals surface area contributed by atoms with Gasteiger partial charge in [0.05, 0.1) is 22.4 Å². The molecule has 242 valence electrons. The van der Waals surface area contributed by atoms with Gasteiger partial charge in [0.2, 0.25) is 0 Å². The maximum absolute atomic E-state index is 5.21. The number of thiophene rings is 1. The van der Waals surface area contributed by atoms with E-state index in [2.05, 4.69) is 174 Å². The van der Waals surface area contributed by atoms with E-state index in [-0.39, 0.29) is 0 Å². The van der Waals surface area contributed by atoms with E-state index < -0.39 is 0 Å². The average Bonchev–Trinajstić information content (AvgIpc) is 3.77. The molecular weight excluding hydrogens is 651 g/mol. The molecule has 0 aliphatic rings. The summed E-state index contributed by atoms with van der Waals surface area (Å²) in [5.41, 5.74) is 8.43. The van der Waals surface area contributed by atoms with Gasteiger partial charge in [0.1, 0.15) is 0 Å². The molecule has 0 amide bonds. The molecule has 0 aliphatic heterocycles. The van der Waals surface area contributed by atoms with Gasteiger partial charge in [-0.05, 0) is 76.1 Å². The van der Waals surface area contributed by atoms with Gasteiger partial charge < -0.3 is 4.57 Å². The van der Waals surface area contributed by atoms with Crippen molar-refractivity contribution in [2.75, 3.05) is 0 Å². The highest BCUT2D eigenvalue weighted by molar-refractivity contribution is 7.25.